The highest BCUT2D eigenvalue weighted by atomic mass is 32.2. The van der Waals surface area contributed by atoms with Gasteiger partial charge in [0.25, 0.3) is 0 Å². The lowest BCUT2D eigenvalue weighted by atomic mass is 9.84. The van der Waals surface area contributed by atoms with Gasteiger partial charge in [-0.2, -0.15) is 4.31 Å². The third kappa shape index (κ3) is 3.68. The first kappa shape index (κ1) is 19.5. The Kier molecular flexibility index (Phi) is 5.16. The minimum atomic E-state index is -3.42. The van der Waals surface area contributed by atoms with E-state index < -0.39 is 10.0 Å². The maximum Gasteiger partial charge on any atom is 0.236 e. The van der Waals surface area contributed by atoms with Crippen LogP contribution < -0.4 is 0 Å². The van der Waals surface area contributed by atoms with Crippen molar-refractivity contribution in [1.29, 1.82) is 0 Å². The number of benzene rings is 1. The predicted molar refractivity (Wildman–Crippen MR) is 118 cm³/mol. The topological polar surface area (TPSA) is 68.1 Å². The molecule has 6 nitrogen and oxygen atoms in total. The summed E-state index contributed by atoms with van der Waals surface area (Å²) in [6, 6.07) is 13.7. The van der Waals surface area contributed by atoms with E-state index in [2.05, 4.69) is 9.55 Å². The van der Waals surface area contributed by atoms with E-state index in [1.54, 1.807) is 10.4 Å². The summed E-state index contributed by atoms with van der Waals surface area (Å²) in [6.07, 6.45) is 8.66. The molecule has 3 aromatic rings. The van der Waals surface area contributed by atoms with Gasteiger partial charge < -0.3 is 4.57 Å². The van der Waals surface area contributed by atoms with Gasteiger partial charge in [0.15, 0.2) is 5.65 Å². The molecule has 1 aliphatic carbocycles. The van der Waals surface area contributed by atoms with E-state index >= 15 is 0 Å². The van der Waals surface area contributed by atoms with Gasteiger partial charge in [-0.3, -0.25) is 0 Å². The summed E-state index contributed by atoms with van der Waals surface area (Å²) in [7, 11) is -3.42. The Bertz CT molecular complexity index is 1160. The fourth-order valence-corrected chi connectivity index (χ4v) is 5.65. The number of aromatic nitrogens is 3. The van der Waals surface area contributed by atoms with Crippen LogP contribution in [0.3, 0.4) is 0 Å². The standard InChI is InChI=1S/C23H26N4O2S/c28-30(29,17-13-18-6-2-1-3-7-18)26-15-11-20(12-16-26)27-22(19-8-4-9-19)25-21-10-5-14-24-23(21)27/h1-3,5-7,10,13-14,17,19-20H,4,8-9,11-12,15-16H2/b17-13+. The van der Waals surface area contributed by atoms with E-state index in [9.17, 15) is 8.42 Å². The third-order valence-corrected chi connectivity index (χ3v) is 7.89. The van der Waals surface area contributed by atoms with Crippen LogP contribution in [0.2, 0.25) is 0 Å². The molecule has 7 heteroatoms. The first-order valence-electron chi connectivity index (χ1n) is 10.7. The fourth-order valence-electron chi connectivity index (χ4n) is 4.43. The summed E-state index contributed by atoms with van der Waals surface area (Å²) >= 11 is 0. The van der Waals surface area contributed by atoms with Crippen LogP contribution in [0.4, 0.5) is 0 Å². The summed E-state index contributed by atoms with van der Waals surface area (Å²) < 4.78 is 29.5. The number of fused-ring (bicyclic) bond motifs is 1. The minimum absolute atomic E-state index is 0.241. The second-order valence-electron chi connectivity index (χ2n) is 8.20. The van der Waals surface area contributed by atoms with Gasteiger partial charge in [-0.25, -0.2) is 18.4 Å². The monoisotopic (exact) mass is 422 g/mol. The van der Waals surface area contributed by atoms with Crippen molar-refractivity contribution in [3.63, 3.8) is 0 Å². The second kappa shape index (κ2) is 7.96. The molecule has 1 saturated carbocycles. The summed E-state index contributed by atoms with van der Waals surface area (Å²) in [6.45, 7) is 1.03. The van der Waals surface area contributed by atoms with Gasteiger partial charge in [-0.05, 0) is 49.5 Å². The summed E-state index contributed by atoms with van der Waals surface area (Å²) in [5, 5.41) is 1.33. The van der Waals surface area contributed by atoms with Gasteiger partial charge in [0.2, 0.25) is 10.0 Å². The van der Waals surface area contributed by atoms with Gasteiger partial charge in [0.05, 0.1) is 0 Å². The molecule has 3 heterocycles. The number of pyridine rings is 1. The second-order valence-corrected chi connectivity index (χ2v) is 10.0. The number of hydrogen-bond donors (Lipinski definition) is 0. The molecule has 30 heavy (non-hydrogen) atoms. The van der Waals surface area contributed by atoms with Crippen molar-refractivity contribution >= 4 is 27.3 Å². The number of rotatable bonds is 5. The fraction of sp³-hybridized carbons (Fsp3) is 0.391. The van der Waals surface area contributed by atoms with Gasteiger partial charge in [-0.1, -0.05) is 36.8 Å². The van der Waals surface area contributed by atoms with Gasteiger partial charge in [-0.15, -0.1) is 0 Å². The Morgan fingerprint density at radius 1 is 0.967 bits per heavy atom. The van der Waals surface area contributed by atoms with Crippen molar-refractivity contribution in [2.24, 2.45) is 0 Å². The molecule has 1 aliphatic heterocycles. The highest BCUT2D eigenvalue weighted by Crippen LogP contribution is 2.40. The van der Waals surface area contributed by atoms with E-state index in [1.165, 1.54) is 24.7 Å². The molecule has 0 amide bonds. The number of sulfonamides is 1. The average Bonchev–Trinajstić information content (AvgIpc) is 3.10. The zero-order chi connectivity index (χ0) is 20.6. The average molecular weight is 423 g/mol. The van der Waals surface area contributed by atoms with Crippen LogP contribution in [0, 0.1) is 0 Å². The van der Waals surface area contributed by atoms with Crippen molar-refractivity contribution in [2.75, 3.05) is 13.1 Å². The van der Waals surface area contributed by atoms with Crippen LogP contribution in [0.15, 0.2) is 54.1 Å². The van der Waals surface area contributed by atoms with Crippen LogP contribution in [-0.2, 0) is 10.0 Å². The lowest BCUT2D eigenvalue weighted by molar-refractivity contribution is 0.266. The Morgan fingerprint density at radius 3 is 2.43 bits per heavy atom. The van der Waals surface area contributed by atoms with E-state index in [0.717, 1.165) is 35.4 Å². The van der Waals surface area contributed by atoms with Crippen molar-refractivity contribution < 1.29 is 8.42 Å². The largest absolute Gasteiger partial charge is 0.309 e. The summed E-state index contributed by atoms with van der Waals surface area (Å²) in [5.74, 6) is 1.65. The molecule has 0 radical (unpaired) electrons. The van der Waals surface area contributed by atoms with E-state index in [4.69, 9.17) is 4.98 Å². The van der Waals surface area contributed by atoms with Crippen LogP contribution in [0.25, 0.3) is 17.2 Å². The van der Waals surface area contributed by atoms with Crippen molar-refractivity contribution in [3.8, 4) is 0 Å². The molecule has 0 spiro atoms. The molecule has 0 atom stereocenters. The molecule has 1 aromatic carbocycles. The molecule has 2 aromatic heterocycles. The maximum atomic E-state index is 12.8. The van der Waals surface area contributed by atoms with Crippen LogP contribution in [0.1, 0.15) is 55.5 Å². The SMILES string of the molecule is O=S(=O)(/C=C/c1ccccc1)N1CCC(n2c(C3CCC3)nc3cccnc32)CC1. The highest BCUT2D eigenvalue weighted by Gasteiger charge is 2.32. The molecule has 2 aliphatic rings. The Morgan fingerprint density at radius 2 is 1.73 bits per heavy atom. The quantitative estimate of drug-likeness (QED) is 0.613. The summed E-state index contributed by atoms with van der Waals surface area (Å²) in [4.78, 5) is 9.50. The van der Waals surface area contributed by atoms with Crippen LogP contribution in [-0.4, -0.2) is 40.3 Å². The Labute approximate surface area is 177 Å². The summed E-state index contributed by atoms with van der Waals surface area (Å²) in [5.41, 5.74) is 2.77. The molecule has 0 bridgehead atoms. The van der Waals surface area contributed by atoms with Crippen LogP contribution in [0.5, 0.6) is 0 Å². The van der Waals surface area contributed by atoms with E-state index in [1.807, 2.05) is 48.7 Å². The lowest BCUT2D eigenvalue weighted by Crippen LogP contribution is -2.38. The molecular formula is C23H26N4O2S. The molecule has 5 rings (SSSR count). The van der Waals surface area contributed by atoms with E-state index in [0.29, 0.717) is 19.0 Å². The van der Waals surface area contributed by atoms with Gasteiger partial charge in [0, 0.05) is 36.7 Å². The first-order chi connectivity index (χ1) is 14.6. The van der Waals surface area contributed by atoms with Gasteiger partial charge >= 0.3 is 0 Å². The van der Waals surface area contributed by atoms with Crippen molar-refractivity contribution in [2.45, 2.75) is 44.1 Å². The number of imidazole rings is 1. The van der Waals surface area contributed by atoms with E-state index in [-0.39, 0.29) is 6.04 Å². The number of nitrogens with zero attached hydrogens (tertiary/aromatic N) is 4. The third-order valence-electron chi connectivity index (χ3n) is 6.33. The molecular weight excluding hydrogens is 396 g/mol. The molecule has 2 fully saturated rings. The highest BCUT2D eigenvalue weighted by molar-refractivity contribution is 7.92. The predicted octanol–water partition coefficient (Wildman–Crippen LogP) is 4.34. The van der Waals surface area contributed by atoms with Crippen LogP contribution >= 0.6 is 0 Å². The zero-order valence-electron chi connectivity index (χ0n) is 16.9. The normalized spacial score (nSPS) is 19.5. The molecule has 156 valence electrons. The van der Waals surface area contributed by atoms with Gasteiger partial charge in [0.1, 0.15) is 11.3 Å². The number of piperidine rings is 1. The lowest BCUT2D eigenvalue weighted by Gasteiger charge is -2.34. The number of hydrogen-bond acceptors (Lipinski definition) is 4. The minimum Gasteiger partial charge on any atom is -0.309 e. The molecule has 1 saturated heterocycles. The maximum absolute atomic E-state index is 12.8. The Hall–Kier alpha value is -2.51. The van der Waals surface area contributed by atoms with Crippen molar-refractivity contribution in [3.05, 3.63) is 65.5 Å². The Balaban J connectivity index is 1.34. The molecule has 0 unspecified atom stereocenters. The molecule has 0 N–H and O–H groups in total. The zero-order valence-corrected chi connectivity index (χ0v) is 17.7. The first-order valence-corrected chi connectivity index (χ1v) is 12.2. The van der Waals surface area contributed by atoms with Crippen molar-refractivity contribution in [1.82, 2.24) is 18.8 Å². The smallest absolute Gasteiger partial charge is 0.236 e.